The molecule has 0 aromatic heterocycles. The van der Waals surface area contributed by atoms with Crippen LogP contribution in [0.25, 0.3) is 0 Å². The maximum absolute atomic E-state index is 12.0. The highest BCUT2D eigenvalue weighted by molar-refractivity contribution is 5.82. The Labute approximate surface area is 113 Å². The number of urea groups is 1. The molecule has 0 radical (unpaired) electrons. The van der Waals surface area contributed by atoms with Crippen molar-refractivity contribution in [3.05, 3.63) is 0 Å². The molecule has 6 heteroatoms. The monoisotopic (exact) mass is 272 g/mol. The molecule has 1 aliphatic rings. The van der Waals surface area contributed by atoms with Gasteiger partial charge in [-0.1, -0.05) is 19.8 Å². The molecule has 3 atom stereocenters. The quantitative estimate of drug-likeness (QED) is 0.674. The molecule has 1 rings (SSSR count). The van der Waals surface area contributed by atoms with E-state index in [0.29, 0.717) is 19.5 Å². The zero-order valence-electron chi connectivity index (χ0n) is 11.6. The van der Waals surface area contributed by atoms with Gasteiger partial charge in [-0.2, -0.15) is 0 Å². The number of nitrogens with zero attached hydrogens (tertiary/aromatic N) is 1. The molecule has 110 valence electrons. The van der Waals surface area contributed by atoms with Gasteiger partial charge in [-0.25, -0.2) is 9.59 Å². The largest absolute Gasteiger partial charge is 0.480 e. The van der Waals surface area contributed by atoms with E-state index in [1.54, 1.807) is 11.8 Å². The Hall–Kier alpha value is -1.30. The molecule has 2 amide bonds. The minimum absolute atomic E-state index is 0.0877. The number of likely N-dealkylation sites (tertiary alicyclic amines) is 1. The number of hydrogen-bond donors (Lipinski definition) is 3. The fourth-order valence-corrected chi connectivity index (χ4v) is 2.27. The van der Waals surface area contributed by atoms with E-state index in [9.17, 15) is 14.7 Å². The lowest BCUT2D eigenvalue weighted by Gasteiger charge is -2.21. The predicted molar refractivity (Wildman–Crippen MR) is 70.8 cm³/mol. The van der Waals surface area contributed by atoms with Gasteiger partial charge < -0.3 is 20.4 Å². The van der Waals surface area contributed by atoms with Gasteiger partial charge in [-0.05, 0) is 19.8 Å². The lowest BCUT2D eigenvalue weighted by atomic mass is 10.0. The average Bonchev–Trinajstić information content (AvgIpc) is 2.83. The zero-order chi connectivity index (χ0) is 14.4. The van der Waals surface area contributed by atoms with Crippen molar-refractivity contribution in [2.45, 2.75) is 51.7 Å². The summed E-state index contributed by atoms with van der Waals surface area (Å²) in [5.41, 5.74) is 0. The molecule has 0 spiro atoms. The number of aliphatic hydroxyl groups excluding tert-OH is 1. The highest BCUT2D eigenvalue weighted by Gasteiger charge is 2.30. The van der Waals surface area contributed by atoms with Gasteiger partial charge in [-0.3, -0.25) is 0 Å². The summed E-state index contributed by atoms with van der Waals surface area (Å²) in [7, 11) is 0. The highest BCUT2D eigenvalue weighted by Crippen LogP contribution is 2.19. The Morgan fingerprint density at radius 2 is 2.16 bits per heavy atom. The van der Waals surface area contributed by atoms with Crippen molar-refractivity contribution in [2.75, 3.05) is 13.1 Å². The van der Waals surface area contributed by atoms with Crippen molar-refractivity contribution >= 4 is 12.0 Å². The molecule has 0 aliphatic carbocycles. The maximum Gasteiger partial charge on any atom is 0.326 e. The second kappa shape index (κ2) is 7.33. The third kappa shape index (κ3) is 4.70. The van der Waals surface area contributed by atoms with Crippen LogP contribution in [-0.4, -0.2) is 52.3 Å². The SMILES string of the molecule is CCCCC(NC(=O)N1CCC(C(C)O)C1)C(=O)O. The number of nitrogens with one attached hydrogen (secondary N) is 1. The standard InChI is InChI=1S/C13H24N2O4/c1-3-4-5-11(12(17)18)14-13(19)15-7-6-10(8-15)9(2)16/h9-11,16H,3-8H2,1-2H3,(H,14,19)(H,17,18). The van der Waals surface area contributed by atoms with Crippen LogP contribution in [0.15, 0.2) is 0 Å². The van der Waals surface area contributed by atoms with Crippen molar-refractivity contribution < 1.29 is 19.8 Å². The van der Waals surface area contributed by atoms with Gasteiger partial charge in [-0.15, -0.1) is 0 Å². The van der Waals surface area contributed by atoms with E-state index in [-0.39, 0.29) is 11.9 Å². The summed E-state index contributed by atoms with van der Waals surface area (Å²) in [6, 6.07) is -1.16. The predicted octanol–water partition coefficient (Wildman–Crippen LogP) is 1.04. The van der Waals surface area contributed by atoms with Crippen LogP contribution in [0.1, 0.15) is 39.5 Å². The van der Waals surface area contributed by atoms with Gasteiger partial charge in [0.05, 0.1) is 6.10 Å². The maximum atomic E-state index is 12.0. The van der Waals surface area contributed by atoms with Gasteiger partial charge in [0.25, 0.3) is 0 Å². The summed E-state index contributed by atoms with van der Waals surface area (Å²) in [4.78, 5) is 24.6. The molecule has 0 bridgehead atoms. The molecule has 1 fully saturated rings. The van der Waals surface area contributed by atoms with Crippen LogP contribution in [0.5, 0.6) is 0 Å². The Morgan fingerprint density at radius 1 is 1.47 bits per heavy atom. The number of carboxylic acid groups (broad SMARTS) is 1. The number of aliphatic carboxylic acids is 1. The first-order valence-electron chi connectivity index (χ1n) is 6.92. The molecular weight excluding hydrogens is 248 g/mol. The molecule has 0 aromatic rings. The third-order valence-electron chi connectivity index (χ3n) is 3.64. The van der Waals surface area contributed by atoms with Crippen LogP contribution in [0, 0.1) is 5.92 Å². The molecule has 3 unspecified atom stereocenters. The fourth-order valence-electron chi connectivity index (χ4n) is 2.27. The lowest BCUT2D eigenvalue weighted by molar-refractivity contribution is -0.139. The van der Waals surface area contributed by atoms with Crippen molar-refractivity contribution in [1.29, 1.82) is 0 Å². The van der Waals surface area contributed by atoms with E-state index >= 15 is 0 Å². The van der Waals surface area contributed by atoms with E-state index in [1.807, 2.05) is 6.92 Å². The first kappa shape index (κ1) is 15.8. The third-order valence-corrected chi connectivity index (χ3v) is 3.64. The van der Waals surface area contributed by atoms with Gasteiger partial charge in [0.15, 0.2) is 0 Å². The molecule has 1 heterocycles. The number of carbonyl (C=O) groups excluding carboxylic acids is 1. The van der Waals surface area contributed by atoms with Gasteiger partial charge >= 0.3 is 12.0 Å². The number of carbonyl (C=O) groups is 2. The zero-order valence-corrected chi connectivity index (χ0v) is 11.6. The molecular formula is C13H24N2O4. The van der Waals surface area contributed by atoms with Crippen LogP contribution in [-0.2, 0) is 4.79 Å². The van der Waals surface area contributed by atoms with Crippen molar-refractivity contribution in [1.82, 2.24) is 10.2 Å². The molecule has 19 heavy (non-hydrogen) atoms. The summed E-state index contributed by atoms with van der Waals surface area (Å²) in [6.45, 7) is 4.76. The summed E-state index contributed by atoms with van der Waals surface area (Å²) in [5.74, 6) is -0.905. The number of rotatable bonds is 6. The fraction of sp³-hybridized carbons (Fsp3) is 0.846. The Balaban J connectivity index is 2.46. The average molecular weight is 272 g/mol. The molecule has 1 saturated heterocycles. The van der Waals surface area contributed by atoms with E-state index < -0.39 is 18.1 Å². The van der Waals surface area contributed by atoms with Crippen LogP contribution < -0.4 is 5.32 Å². The second-order valence-corrected chi connectivity index (χ2v) is 5.22. The normalized spacial score (nSPS) is 22.1. The second-order valence-electron chi connectivity index (χ2n) is 5.22. The first-order chi connectivity index (χ1) is 8.95. The van der Waals surface area contributed by atoms with E-state index in [4.69, 9.17) is 5.11 Å². The molecule has 3 N–H and O–H groups in total. The van der Waals surface area contributed by atoms with E-state index in [1.165, 1.54) is 0 Å². The summed E-state index contributed by atoms with van der Waals surface area (Å²) in [5, 5.41) is 21.1. The topological polar surface area (TPSA) is 89.9 Å². The number of unbranched alkanes of at least 4 members (excludes halogenated alkanes) is 1. The summed E-state index contributed by atoms with van der Waals surface area (Å²) < 4.78 is 0. The van der Waals surface area contributed by atoms with E-state index in [0.717, 1.165) is 19.3 Å². The van der Waals surface area contributed by atoms with Crippen LogP contribution >= 0.6 is 0 Å². The van der Waals surface area contributed by atoms with Crippen LogP contribution in [0.4, 0.5) is 4.79 Å². The minimum Gasteiger partial charge on any atom is -0.480 e. The van der Waals surface area contributed by atoms with Gasteiger partial charge in [0, 0.05) is 19.0 Å². The minimum atomic E-state index is -0.993. The highest BCUT2D eigenvalue weighted by atomic mass is 16.4. The van der Waals surface area contributed by atoms with Gasteiger partial charge in [0.2, 0.25) is 0 Å². The molecule has 0 saturated carbocycles. The van der Waals surface area contributed by atoms with Crippen LogP contribution in [0.3, 0.4) is 0 Å². The Morgan fingerprint density at radius 3 is 2.63 bits per heavy atom. The number of amides is 2. The Kier molecular flexibility index (Phi) is 6.08. The molecule has 1 aliphatic heterocycles. The first-order valence-corrected chi connectivity index (χ1v) is 6.92. The van der Waals surface area contributed by atoms with Crippen LogP contribution in [0.2, 0.25) is 0 Å². The Bertz CT molecular complexity index is 320. The van der Waals surface area contributed by atoms with Gasteiger partial charge in [0.1, 0.15) is 6.04 Å². The van der Waals surface area contributed by atoms with Crippen molar-refractivity contribution in [3.8, 4) is 0 Å². The summed E-state index contributed by atoms with van der Waals surface area (Å²) in [6.07, 6.45) is 2.44. The number of aliphatic hydroxyl groups is 1. The van der Waals surface area contributed by atoms with Crippen molar-refractivity contribution in [3.63, 3.8) is 0 Å². The molecule has 6 nitrogen and oxygen atoms in total. The smallest absolute Gasteiger partial charge is 0.326 e. The number of carboxylic acids is 1. The lowest BCUT2D eigenvalue weighted by Crippen LogP contribution is -2.47. The number of hydrogen-bond acceptors (Lipinski definition) is 3. The van der Waals surface area contributed by atoms with Crippen molar-refractivity contribution in [2.24, 2.45) is 5.92 Å². The molecule has 0 aromatic carbocycles. The summed E-state index contributed by atoms with van der Waals surface area (Å²) >= 11 is 0. The van der Waals surface area contributed by atoms with E-state index in [2.05, 4.69) is 5.32 Å².